The van der Waals surface area contributed by atoms with Gasteiger partial charge in [0.2, 0.25) is 0 Å². The molecule has 1 heterocycles. The fraction of sp³-hybridized carbons (Fsp3) is 0.438. The third-order valence-corrected chi connectivity index (χ3v) is 3.29. The van der Waals surface area contributed by atoms with Crippen LogP contribution >= 0.6 is 0 Å². The summed E-state index contributed by atoms with van der Waals surface area (Å²) in [6.45, 7) is 7.24. The molecule has 0 spiro atoms. The van der Waals surface area contributed by atoms with Crippen LogP contribution in [0.3, 0.4) is 0 Å². The van der Waals surface area contributed by atoms with Crippen LogP contribution in [0.25, 0.3) is 10.9 Å². The third-order valence-electron chi connectivity index (χ3n) is 3.29. The van der Waals surface area contributed by atoms with Gasteiger partial charge >= 0.3 is 0 Å². The number of hydrogen-bond donors (Lipinski definition) is 1. The van der Waals surface area contributed by atoms with Crippen LogP contribution in [-0.4, -0.2) is 25.7 Å². The van der Waals surface area contributed by atoms with Crippen molar-refractivity contribution in [2.24, 2.45) is 0 Å². The molecule has 0 saturated carbocycles. The van der Waals surface area contributed by atoms with Crippen molar-refractivity contribution < 1.29 is 9.47 Å². The minimum Gasteiger partial charge on any atom is -0.493 e. The molecule has 0 aliphatic rings. The van der Waals surface area contributed by atoms with Crippen LogP contribution in [0.1, 0.15) is 32.4 Å². The molecule has 0 bridgehead atoms. The molecular weight excluding hydrogens is 252 g/mol. The maximum absolute atomic E-state index is 5.37. The number of pyridine rings is 1. The molecular formula is C16H22N2O2. The molecule has 0 saturated heterocycles. The van der Waals surface area contributed by atoms with Crippen molar-refractivity contribution in [3.8, 4) is 11.5 Å². The Bertz CT molecular complexity index is 609. The molecule has 0 unspecified atom stereocenters. The van der Waals surface area contributed by atoms with Crippen LogP contribution in [0.15, 0.2) is 18.2 Å². The van der Waals surface area contributed by atoms with Gasteiger partial charge in [-0.25, -0.2) is 0 Å². The number of methoxy groups -OCH3 is 2. The number of nitrogens with zero attached hydrogens (tertiary/aromatic N) is 1. The molecule has 108 valence electrons. The first-order chi connectivity index (χ1) is 9.60. The molecule has 0 radical (unpaired) electrons. The highest BCUT2D eigenvalue weighted by Gasteiger charge is 2.12. The van der Waals surface area contributed by atoms with Crippen LogP contribution in [0.4, 0.5) is 5.69 Å². The predicted molar refractivity (Wildman–Crippen MR) is 83.1 cm³/mol. The average molecular weight is 274 g/mol. The zero-order valence-electron chi connectivity index (χ0n) is 12.8. The predicted octanol–water partition coefficient (Wildman–Crippen LogP) is 3.81. The minimum atomic E-state index is 0.380. The lowest BCUT2D eigenvalue weighted by molar-refractivity contribution is 0.356. The van der Waals surface area contributed by atoms with Gasteiger partial charge in [-0.3, -0.25) is 4.98 Å². The minimum absolute atomic E-state index is 0.380. The van der Waals surface area contributed by atoms with Gasteiger partial charge in [-0.2, -0.15) is 0 Å². The summed E-state index contributed by atoms with van der Waals surface area (Å²) < 4.78 is 10.7. The molecule has 0 fully saturated rings. The van der Waals surface area contributed by atoms with E-state index in [-0.39, 0.29) is 0 Å². The van der Waals surface area contributed by atoms with Gasteiger partial charge in [-0.15, -0.1) is 0 Å². The van der Waals surface area contributed by atoms with E-state index in [2.05, 4.69) is 32.2 Å². The highest BCUT2D eigenvalue weighted by atomic mass is 16.5. The zero-order chi connectivity index (χ0) is 14.7. The smallest absolute Gasteiger partial charge is 0.162 e. The molecule has 0 atom stereocenters. The van der Waals surface area contributed by atoms with Crippen molar-refractivity contribution in [1.29, 1.82) is 0 Å². The van der Waals surface area contributed by atoms with Crippen LogP contribution in [-0.2, 0) is 0 Å². The molecule has 2 aromatic rings. The van der Waals surface area contributed by atoms with E-state index in [0.717, 1.165) is 34.6 Å². The lowest BCUT2D eigenvalue weighted by Crippen LogP contribution is -2.02. The van der Waals surface area contributed by atoms with Crippen LogP contribution in [0, 0.1) is 0 Å². The standard InChI is InChI=1S/C16H22N2O2/c1-6-17-13-8-12(10(2)3)18-14-9-16(20-5)15(19-4)7-11(13)14/h7-10H,6H2,1-5H3,(H,17,18). The Kier molecular flexibility index (Phi) is 4.32. The lowest BCUT2D eigenvalue weighted by atomic mass is 10.1. The van der Waals surface area contributed by atoms with Crippen molar-refractivity contribution >= 4 is 16.6 Å². The van der Waals surface area contributed by atoms with Crippen molar-refractivity contribution in [3.63, 3.8) is 0 Å². The van der Waals surface area contributed by atoms with Crippen molar-refractivity contribution in [3.05, 3.63) is 23.9 Å². The van der Waals surface area contributed by atoms with Crippen LogP contribution in [0.2, 0.25) is 0 Å². The fourth-order valence-corrected chi connectivity index (χ4v) is 2.21. The number of anilines is 1. The maximum atomic E-state index is 5.37. The van der Waals surface area contributed by atoms with Gasteiger partial charge in [0.25, 0.3) is 0 Å². The van der Waals surface area contributed by atoms with E-state index in [9.17, 15) is 0 Å². The van der Waals surface area contributed by atoms with E-state index < -0.39 is 0 Å². The maximum Gasteiger partial charge on any atom is 0.162 e. The number of benzene rings is 1. The number of ether oxygens (including phenoxy) is 2. The van der Waals surface area contributed by atoms with E-state index in [1.807, 2.05) is 12.1 Å². The molecule has 1 N–H and O–H groups in total. The lowest BCUT2D eigenvalue weighted by Gasteiger charge is -2.15. The fourth-order valence-electron chi connectivity index (χ4n) is 2.21. The second kappa shape index (κ2) is 5.99. The second-order valence-corrected chi connectivity index (χ2v) is 5.00. The van der Waals surface area contributed by atoms with E-state index in [0.29, 0.717) is 11.7 Å². The van der Waals surface area contributed by atoms with Gasteiger partial charge in [-0.1, -0.05) is 13.8 Å². The SMILES string of the molecule is CCNc1cc(C(C)C)nc2cc(OC)c(OC)cc12. The Morgan fingerprint density at radius 2 is 1.75 bits per heavy atom. The Labute approximate surface area is 120 Å². The summed E-state index contributed by atoms with van der Waals surface area (Å²) in [7, 11) is 3.29. The quantitative estimate of drug-likeness (QED) is 0.900. The van der Waals surface area contributed by atoms with E-state index >= 15 is 0 Å². The Morgan fingerprint density at radius 1 is 1.10 bits per heavy atom. The summed E-state index contributed by atoms with van der Waals surface area (Å²) in [5, 5.41) is 4.45. The summed E-state index contributed by atoms with van der Waals surface area (Å²) in [5.41, 5.74) is 3.08. The van der Waals surface area contributed by atoms with Gasteiger partial charge in [0.15, 0.2) is 11.5 Å². The third kappa shape index (κ3) is 2.64. The van der Waals surface area contributed by atoms with Crippen LogP contribution in [0.5, 0.6) is 11.5 Å². The summed E-state index contributed by atoms with van der Waals surface area (Å²) in [6, 6.07) is 6.02. The van der Waals surface area contributed by atoms with E-state index in [4.69, 9.17) is 14.5 Å². The first kappa shape index (κ1) is 14.4. The van der Waals surface area contributed by atoms with Crippen LogP contribution < -0.4 is 14.8 Å². The summed E-state index contributed by atoms with van der Waals surface area (Å²) in [5.74, 6) is 1.80. The Hall–Kier alpha value is -1.97. The number of aromatic nitrogens is 1. The van der Waals surface area contributed by atoms with E-state index in [1.165, 1.54) is 0 Å². The van der Waals surface area contributed by atoms with Crippen molar-refractivity contribution in [2.75, 3.05) is 26.1 Å². The Balaban J connectivity index is 2.72. The average Bonchev–Trinajstić information content (AvgIpc) is 2.45. The molecule has 1 aromatic heterocycles. The number of hydrogen-bond acceptors (Lipinski definition) is 4. The molecule has 4 heteroatoms. The monoisotopic (exact) mass is 274 g/mol. The highest BCUT2D eigenvalue weighted by molar-refractivity contribution is 5.94. The van der Waals surface area contributed by atoms with Gasteiger partial charge < -0.3 is 14.8 Å². The molecule has 1 aromatic carbocycles. The molecule has 4 nitrogen and oxygen atoms in total. The second-order valence-electron chi connectivity index (χ2n) is 5.00. The molecule has 2 rings (SSSR count). The number of nitrogens with one attached hydrogen (secondary N) is 1. The topological polar surface area (TPSA) is 43.4 Å². The first-order valence-electron chi connectivity index (χ1n) is 6.91. The van der Waals surface area contributed by atoms with Gasteiger partial charge in [-0.05, 0) is 25.0 Å². The number of fused-ring (bicyclic) bond motifs is 1. The zero-order valence-corrected chi connectivity index (χ0v) is 12.8. The molecule has 0 aliphatic carbocycles. The summed E-state index contributed by atoms with van der Waals surface area (Å²) in [4.78, 5) is 4.73. The number of rotatable bonds is 5. The van der Waals surface area contributed by atoms with Crippen molar-refractivity contribution in [2.45, 2.75) is 26.7 Å². The highest BCUT2D eigenvalue weighted by Crippen LogP contribution is 2.35. The first-order valence-corrected chi connectivity index (χ1v) is 6.91. The summed E-state index contributed by atoms with van der Waals surface area (Å²) in [6.07, 6.45) is 0. The largest absolute Gasteiger partial charge is 0.493 e. The van der Waals surface area contributed by atoms with Gasteiger partial charge in [0, 0.05) is 29.4 Å². The molecule has 0 amide bonds. The molecule has 0 aliphatic heterocycles. The van der Waals surface area contributed by atoms with Gasteiger partial charge in [0.1, 0.15) is 0 Å². The summed E-state index contributed by atoms with van der Waals surface area (Å²) >= 11 is 0. The molecule has 20 heavy (non-hydrogen) atoms. The van der Waals surface area contributed by atoms with E-state index in [1.54, 1.807) is 14.2 Å². The van der Waals surface area contributed by atoms with Gasteiger partial charge in [0.05, 0.1) is 19.7 Å². The normalized spacial score (nSPS) is 10.9. The van der Waals surface area contributed by atoms with Crippen molar-refractivity contribution in [1.82, 2.24) is 4.98 Å². The Morgan fingerprint density at radius 3 is 2.30 bits per heavy atom.